The second-order valence-corrected chi connectivity index (χ2v) is 5.36. The Labute approximate surface area is 128 Å². The second-order valence-electron chi connectivity index (χ2n) is 4.54. The van der Waals surface area contributed by atoms with Crippen LogP contribution in [0.4, 0.5) is 5.69 Å². The standard InChI is InChI=1S/C15H15Cl2NO2/c1-9(2)19-15-8-11(4-6-14(15)18)20-10-3-5-12(16)13(17)7-10/h3-9H,18H2,1-2H3. The molecule has 3 nitrogen and oxygen atoms in total. The van der Waals surface area contributed by atoms with Crippen molar-refractivity contribution in [3.05, 3.63) is 46.4 Å². The van der Waals surface area contributed by atoms with Crippen LogP contribution in [-0.4, -0.2) is 6.10 Å². The van der Waals surface area contributed by atoms with E-state index in [2.05, 4.69) is 0 Å². The maximum Gasteiger partial charge on any atom is 0.146 e. The number of rotatable bonds is 4. The lowest BCUT2D eigenvalue weighted by Gasteiger charge is -2.14. The third-order valence-corrected chi connectivity index (χ3v) is 3.21. The highest BCUT2D eigenvalue weighted by Gasteiger charge is 2.07. The zero-order valence-corrected chi connectivity index (χ0v) is 12.7. The fourth-order valence-corrected chi connectivity index (χ4v) is 1.90. The third kappa shape index (κ3) is 3.71. The van der Waals surface area contributed by atoms with Gasteiger partial charge in [-0.25, -0.2) is 0 Å². The van der Waals surface area contributed by atoms with E-state index in [9.17, 15) is 0 Å². The van der Waals surface area contributed by atoms with Crippen LogP contribution < -0.4 is 15.2 Å². The summed E-state index contributed by atoms with van der Waals surface area (Å²) in [6.45, 7) is 3.87. The summed E-state index contributed by atoms with van der Waals surface area (Å²) in [6.07, 6.45) is 0.0394. The van der Waals surface area contributed by atoms with Crippen molar-refractivity contribution >= 4 is 28.9 Å². The molecule has 0 aliphatic carbocycles. The van der Waals surface area contributed by atoms with E-state index in [1.165, 1.54) is 0 Å². The van der Waals surface area contributed by atoms with Gasteiger partial charge in [0.25, 0.3) is 0 Å². The predicted octanol–water partition coefficient (Wildman–Crippen LogP) is 5.16. The fraction of sp³-hybridized carbons (Fsp3) is 0.200. The molecule has 2 rings (SSSR count). The van der Waals surface area contributed by atoms with Crippen LogP contribution in [-0.2, 0) is 0 Å². The number of hydrogen-bond donors (Lipinski definition) is 1. The summed E-state index contributed by atoms with van der Waals surface area (Å²) in [7, 11) is 0. The van der Waals surface area contributed by atoms with Gasteiger partial charge >= 0.3 is 0 Å². The van der Waals surface area contributed by atoms with Crippen molar-refractivity contribution < 1.29 is 9.47 Å². The van der Waals surface area contributed by atoms with Crippen LogP contribution >= 0.6 is 23.2 Å². The van der Waals surface area contributed by atoms with Crippen LogP contribution in [0, 0.1) is 0 Å². The van der Waals surface area contributed by atoms with E-state index in [1.807, 2.05) is 13.8 Å². The Kier molecular flexibility index (Phi) is 4.63. The maximum atomic E-state index is 5.95. The van der Waals surface area contributed by atoms with Gasteiger partial charge in [-0.3, -0.25) is 0 Å². The van der Waals surface area contributed by atoms with Crippen molar-refractivity contribution in [2.75, 3.05) is 5.73 Å². The van der Waals surface area contributed by atoms with Crippen molar-refractivity contribution in [3.63, 3.8) is 0 Å². The number of benzene rings is 2. The number of nitrogens with two attached hydrogens (primary N) is 1. The van der Waals surface area contributed by atoms with E-state index in [0.717, 1.165) is 0 Å². The van der Waals surface area contributed by atoms with E-state index in [1.54, 1.807) is 36.4 Å². The van der Waals surface area contributed by atoms with Gasteiger partial charge in [0, 0.05) is 12.1 Å². The molecule has 20 heavy (non-hydrogen) atoms. The molecule has 2 aromatic rings. The minimum Gasteiger partial charge on any atom is -0.489 e. The van der Waals surface area contributed by atoms with Gasteiger partial charge in [-0.05, 0) is 38.1 Å². The number of ether oxygens (including phenoxy) is 2. The van der Waals surface area contributed by atoms with Gasteiger partial charge < -0.3 is 15.2 Å². The van der Waals surface area contributed by atoms with Gasteiger partial charge in [0.15, 0.2) is 0 Å². The topological polar surface area (TPSA) is 44.5 Å². The highest BCUT2D eigenvalue weighted by Crippen LogP contribution is 2.33. The lowest BCUT2D eigenvalue weighted by atomic mass is 10.2. The molecule has 0 unspecified atom stereocenters. The maximum absolute atomic E-state index is 5.95. The number of halogens is 2. The van der Waals surface area contributed by atoms with Crippen molar-refractivity contribution in [1.82, 2.24) is 0 Å². The summed E-state index contributed by atoms with van der Waals surface area (Å²) in [5, 5.41) is 0.929. The minimum absolute atomic E-state index is 0.0394. The Morgan fingerprint density at radius 1 is 0.950 bits per heavy atom. The average molecular weight is 312 g/mol. The second kappa shape index (κ2) is 6.25. The molecule has 0 aromatic heterocycles. The smallest absolute Gasteiger partial charge is 0.146 e. The van der Waals surface area contributed by atoms with Crippen molar-refractivity contribution in [2.24, 2.45) is 0 Å². The zero-order valence-electron chi connectivity index (χ0n) is 11.2. The van der Waals surface area contributed by atoms with Crippen LogP contribution in [0.1, 0.15) is 13.8 Å². The van der Waals surface area contributed by atoms with Gasteiger partial charge in [0.1, 0.15) is 17.2 Å². The van der Waals surface area contributed by atoms with E-state index in [4.69, 9.17) is 38.4 Å². The Morgan fingerprint density at radius 2 is 1.60 bits per heavy atom. The van der Waals surface area contributed by atoms with Gasteiger partial charge in [0.05, 0.1) is 21.8 Å². The van der Waals surface area contributed by atoms with Crippen molar-refractivity contribution in [1.29, 1.82) is 0 Å². The molecule has 0 aliphatic heterocycles. The van der Waals surface area contributed by atoms with Crippen LogP contribution in [0.15, 0.2) is 36.4 Å². The molecular formula is C15H15Cl2NO2. The van der Waals surface area contributed by atoms with E-state index < -0.39 is 0 Å². The van der Waals surface area contributed by atoms with Crippen LogP contribution in [0.2, 0.25) is 10.0 Å². The summed E-state index contributed by atoms with van der Waals surface area (Å²) >= 11 is 11.8. The predicted molar refractivity (Wildman–Crippen MR) is 83.2 cm³/mol. The van der Waals surface area contributed by atoms with Gasteiger partial charge in [-0.1, -0.05) is 23.2 Å². The fourth-order valence-electron chi connectivity index (χ4n) is 1.61. The Balaban J connectivity index is 2.22. The van der Waals surface area contributed by atoms with Gasteiger partial charge in [-0.2, -0.15) is 0 Å². The highest BCUT2D eigenvalue weighted by atomic mass is 35.5. The summed E-state index contributed by atoms with van der Waals surface area (Å²) in [4.78, 5) is 0. The molecule has 0 atom stereocenters. The lowest BCUT2D eigenvalue weighted by Crippen LogP contribution is -2.07. The Hall–Kier alpha value is -1.58. The largest absolute Gasteiger partial charge is 0.489 e. The molecule has 2 aromatic carbocycles. The first-order valence-corrected chi connectivity index (χ1v) is 6.90. The molecule has 0 fully saturated rings. The average Bonchev–Trinajstić information content (AvgIpc) is 2.37. The van der Waals surface area contributed by atoms with Gasteiger partial charge in [0.2, 0.25) is 0 Å². The quantitative estimate of drug-likeness (QED) is 0.794. The molecule has 0 amide bonds. The first-order valence-electron chi connectivity index (χ1n) is 6.15. The third-order valence-electron chi connectivity index (χ3n) is 2.47. The molecule has 0 bridgehead atoms. The van der Waals surface area contributed by atoms with E-state index in [-0.39, 0.29) is 6.10 Å². The summed E-state index contributed by atoms with van der Waals surface area (Å²) in [5.41, 5.74) is 6.43. The molecule has 0 spiro atoms. The molecular weight excluding hydrogens is 297 g/mol. The zero-order chi connectivity index (χ0) is 14.7. The number of anilines is 1. The van der Waals surface area contributed by atoms with Gasteiger partial charge in [-0.15, -0.1) is 0 Å². The molecule has 0 radical (unpaired) electrons. The molecule has 5 heteroatoms. The molecule has 0 heterocycles. The first-order chi connectivity index (χ1) is 9.45. The molecule has 0 saturated carbocycles. The number of hydrogen-bond acceptors (Lipinski definition) is 3. The van der Waals surface area contributed by atoms with E-state index >= 15 is 0 Å². The van der Waals surface area contributed by atoms with E-state index in [0.29, 0.717) is 33.0 Å². The molecule has 0 aliphatic rings. The normalized spacial score (nSPS) is 10.7. The molecule has 106 valence electrons. The number of nitrogen functional groups attached to an aromatic ring is 1. The summed E-state index contributed by atoms with van der Waals surface area (Å²) in [5.74, 6) is 1.81. The summed E-state index contributed by atoms with van der Waals surface area (Å²) < 4.78 is 11.3. The lowest BCUT2D eigenvalue weighted by molar-refractivity contribution is 0.243. The van der Waals surface area contributed by atoms with Crippen molar-refractivity contribution in [2.45, 2.75) is 20.0 Å². The SMILES string of the molecule is CC(C)Oc1cc(Oc2ccc(Cl)c(Cl)c2)ccc1N. The minimum atomic E-state index is 0.0394. The van der Waals surface area contributed by atoms with Crippen LogP contribution in [0.5, 0.6) is 17.2 Å². The van der Waals surface area contributed by atoms with Crippen LogP contribution in [0.25, 0.3) is 0 Å². The monoisotopic (exact) mass is 311 g/mol. The molecule has 2 N–H and O–H groups in total. The molecule has 0 saturated heterocycles. The first kappa shape index (κ1) is 14.8. The Bertz CT molecular complexity index is 615. The summed E-state index contributed by atoms with van der Waals surface area (Å²) in [6, 6.07) is 10.3. The Morgan fingerprint density at radius 3 is 2.25 bits per heavy atom. The van der Waals surface area contributed by atoms with Crippen molar-refractivity contribution in [3.8, 4) is 17.2 Å². The highest BCUT2D eigenvalue weighted by molar-refractivity contribution is 6.42. The van der Waals surface area contributed by atoms with Crippen LogP contribution in [0.3, 0.4) is 0 Å².